The van der Waals surface area contributed by atoms with Crippen LogP contribution in [0, 0.1) is 12.8 Å². The summed E-state index contributed by atoms with van der Waals surface area (Å²) in [6.45, 7) is 3.24. The molecular weight excluding hydrogens is 286 g/mol. The molecule has 1 aliphatic carbocycles. The highest BCUT2D eigenvalue weighted by molar-refractivity contribution is 6.31. The van der Waals surface area contributed by atoms with Gasteiger partial charge in [0.05, 0.1) is 5.60 Å². The van der Waals surface area contributed by atoms with Gasteiger partial charge < -0.3 is 10.0 Å². The average molecular weight is 308 g/mol. The van der Waals surface area contributed by atoms with Crippen LogP contribution in [0.3, 0.4) is 0 Å². The Morgan fingerprint density at radius 2 is 2.19 bits per heavy atom. The molecule has 21 heavy (non-hydrogen) atoms. The van der Waals surface area contributed by atoms with Crippen molar-refractivity contribution in [1.29, 1.82) is 0 Å². The third-order valence-electron chi connectivity index (χ3n) is 5.12. The summed E-state index contributed by atoms with van der Waals surface area (Å²) < 4.78 is 0. The van der Waals surface area contributed by atoms with Crippen molar-refractivity contribution >= 4 is 17.5 Å². The zero-order valence-corrected chi connectivity index (χ0v) is 13.2. The lowest BCUT2D eigenvalue weighted by Gasteiger charge is -2.47. The first-order chi connectivity index (χ1) is 9.99. The molecule has 1 amide bonds. The molecule has 114 valence electrons. The van der Waals surface area contributed by atoms with E-state index in [1.807, 2.05) is 17.9 Å². The number of hydrogen-bond acceptors (Lipinski definition) is 2. The Kier molecular flexibility index (Phi) is 3.98. The maximum atomic E-state index is 12.6. The number of piperidine rings is 1. The smallest absolute Gasteiger partial charge is 0.253 e. The molecule has 1 aromatic carbocycles. The van der Waals surface area contributed by atoms with Gasteiger partial charge in [0.2, 0.25) is 0 Å². The van der Waals surface area contributed by atoms with Crippen LogP contribution in [0.5, 0.6) is 0 Å². The first-order valence-electron chi connectivity index (χ1n) is 7.77. The Hall–Kier alpha value is -1.06. The average Bonchev–Trinajstić information content (AvgIpc) is 2.48. The second kappa shape index (κ2) is 5.62. The van der Waals surface area contributed by atoms with Gasteiger partial charge in [0.15, 0.2) is 0 Å². The Labute approximate surface area is 130 Å². The number of halogens is 1. The Bertz CT molecular complexity index is 560. The normalized spacial score (nSPS) is 29.1. The van der Waals surface area contributed by atoms with E-state index in [0.29, 0.717) is 30.1 Å². The van der Waals surface area contributed by atoms with Crippen molar-refractivity contribution < 1.29 is 9.90 Å². The fourth-order valence-electron chi connectivity index (χ4n) is 3.72. The van der Waals surface area contributed by atoms with Gasteiger partial charge in [-0.05, 0) is 49.9 Å². The van der Waals surface area contributed by atoms with Gasteiger partial charge in [-0.15, -0.1) is 0 Å². The SMILES string of the molecule is Cc1cc(C(=O)N2CCC3(O)CCCCC3C2)ccc1Cl. The van der Waals surface area contributed by atoms with Gasteiger partial charge in [0.1, 0.15) is 0 Å². The lowest BCUT2D eigenvalue weighted by molar-refractivity contribution is -0.0886. The van der Waals surface area contributed by atoms with Gasteiger partial charge in [-0.25, -0.2) is 0 Å². The van der Waals surface area contributed by atoms with E-state index in [4.69, 9.17) is 11.6 Å². The second-order valence-corrected chi connectivity index (χ2v) is 6.92. The van der Waals surface area contributed by atoms with Crippen molar-refractivity contribution in [1.82, 2.24) is 4.90 Å². The van der Waals surface area contributed by atoms with Gasteiger partial charge >= 0.3 is 0 Å². The molecule has 2 fully saturated rings. The first-order valence-corrected chi connectivity index (χ1v) is 8.15. The quantitative estimate of drug-likeness (QED) is 0.863. The fourth-order valence-corrected chi connectivity index (χ4v) is 3.83. The van der Waals surface area contributed by atoms with Crippen LogP contribution in [0.25, 0.3) is 0 Å². The molecule has 1 N–H and O–H groups in total. The van der Waals surface area contributed by atoms with Crippen LogP contribution in [-0.2, 0) is 0 Å². The van der Waals surface area contributed by atoms with E-state index in [-0.39, 0.29) is 11.8 Å². The number of amides is 1. The third kappa shape index (κ3) is 2.82. The molecule has 2 unspecified atom stereocenters. The van der Waals surface area contributed by atoms with Crippen LogP contribution in [0.15, 0.2) is 18.2 Å². The molecule has 1 saturated heterocycles. The van der Waals surface area contributed by atoms with Crippen LogP contribution in [-0.4, -0.2) is 34.6 Å². The number of aliphatic hydroxyl groups is 1. The van der Waals surface area contributed by atoms with Crippen molar-refractivity contribution in [2.45, 2.75) is 44.6 Å². The second-order valence-electron chi connectivity index (χ2n) is 6.51. The van der Waals surface area contributed by atoms with E-state index in [1.165, 1.54) is 0 Å². The van der Waals surface area contributed by atoms with E-state index >= 15 is 0 Å². The van der Waals surface area contributed by atoms with Crippen LogP contribution >= 0.6 is 11.6 Å². The maximum Gasteiger partial charge on any atom is 0.253 e. The summed E-state index contributed by atoms with van der Waals surface area (Å²) in [5.41, 5.74) is 1.08. The molecule has 0 radical (unpaired) electrons. The van der Waals surface area contributed by atoms with Gasteiger partial charge in [-0.1, -0.05) is 24.4 Å². The third-order valence-corrected chi connectivity index (χ3v) is 5.54. The van der Waals surface area contributed by atoms with E-state index in [0.717, 1.165) is 31.2 Å². The molecule has 1 saturated carbocycles. The summed E-state index contributed by atoms with van der Waals surface area (Å²) in [6, 6.07) is 5.43. The molecule has 0 spiro atoms. The number of hydrogen-bond donors (Lipinski definition) is 1. The molecule has 3 rings (SSSR count). The highest BCUT2D eigenvalue weighted by atomic mass is 35.5. The van der Waals surface area contributed by atoms with E-state index in [2.05, 4.69) is 0 Å². The van der Waals surface area contributed by atoms with Crippen LogP contribution in [0.1, 0.15) is 48.0 Å². The summed E-state index contributed by atoms with van der Waals surface area (Å²) in [4.78, 5) is 14.5. The molecule has 1 heterocycles. The Morgan fingerprint density at radius 1 is 1.38 bits per heavy atom. The first kappa shape index (κ1) is 14.9. The van der Waals surface area contributed by atoms with E-state index < -0.39 is 5.60 Å². The zero-order valence-electron chi connectivity index (χ0n) is 12.4. The molecule has 1 aliphatic heterocycles. The number of carbonyl (C=O) groups excluding carboxylic acids is 1. The van der Waals surface area contributed by atoms with Gasteiger partial charge in [0, 0.05) is 29.6 Å². The molecule has 2 aliphatic rings. The molecular formula is C17H22ClNO2. The fraction of sp³-hybridized carbons (Fsp3) is 0.588. The molecule has 1 aromatic rings. The minimum absolute atomic E-state index is 0.0578. The van der Waals surface area contributed by atoms with E-state index in [1.54, 1.807) is 12.1 Å². The predicted octanol–water partition coefficient (Wildman–Crippen LogP) is 3.42. The summed E-state index contributed by atoms with van der Waals surface area (Å²) in [5.74, 6) is 0.291. The predicted molar refractivity (Wildman–Crippen MR) is 83.6 cm³/mol. The number of benzene rings is 1. The molecule has 2 atom stereocenters. The van der Waals surface area contributed by atoms with Crippen molar-refractivity contribution in [3.05, 3.63) is 34.3 Å². The Balaban J connectivity index is 1.75. The number of rotatable bonds is 1. The topological polar surface area (TPSA) is 40.5 Å². The highest BCUT2D eigenvalue weighted by Gasteiger charge is 2.43. The molecule has 0 bridgehead atoms. The van der Waals surface area contributed by atoms with Crippen LogP contribution in [0.4, 0.5) is 0 Å². The summed E-state index contributed by atoms with van der Waals surface area (Å²) in [5, 5.41) is 11.4. The highest BCUT2D eigenvalue weighted by Crippen LogP contribution is 2.40. The van der Waals surface area contributed by atoms with E-state index in [9.17, 15) is 9.90 Å². The van der Waals surface area contributed by atoms with Crippen LogP contribution < -0.4 is 0 Å². The summed E-state index contributed by atoms with van der Waals surface area (Å²) in [7, 11) is 0. The maximum absolute atomic E-state index is 12.6. The van der Waals surface area contributed by atoms with Crippen molar-refractivity contribution in [2.75, 3.05) is 13.1 Å². The van der Waals surface area contributed by atoms with Crippen molar-refractivity contribution in [3.8, 4) is 0 Å². The number of carbonyl (C=O) groups is 1. The molecule has 3 nitrogen and oxygen atoms in total. The molecule has 0 aromatic heterocycles. The van der Waals surface area contributed by atoms with Gasteiger partial charge in [-0.3, -0.25) is 4.79 Å². The number of likely N-dealkylation sites (tertiary alicyclic amines) is 1. The monoisotopic (exact) mass is 307 g/mol. The number of aryl methyl sites for hydroxylation is 1. The Morgan fingerprint density at radius 3 is 2.95 bits per heavy atom. The zero-order chi connectivity index (χ0) is 15.0. The summed E-state index contributed by atoms with van der Waals surface area (Å²) >= 11 is 6.02. The minimum atomic E-state index is -0.537. The van der Waals surface area contributed by atoms with Gasteiger partial charge in [-0.2, -0.15) is 0 Å². The van der Waals surface area contributed by atoms with Crippen LogP contribution in [0.2, 0.25) is 5.02 Å². The summed E-state index contributed by atoms with van der Waals surface area (Å²) in [6.07, 6.45) is 4.89. The standard InChI is InChI=1S/C17H22ClNO2/c1-12-10-13(5-6-15(12)18)16(20)19-9-8-17(21)7-3-2-4-14(17)11-19/h5-6,10,14,21H,2-4,7-9,11H2,1H3. The van der Waals surface area contributed by atoms with Crippen molar-refractivity contribution in [2.24, 2.45) is 5.92 Å². The lowest BCUT2D eigenvalue weighted by Crippen LogP contribution is -2.54. The number of nitrogens with zero attached hydrogens (tertiary/aromatic N) is 1. The number of fused-ring (bicyclic) bond motifs is 1. The molecule has 4 heteroatoms. The minimum Gasteiger partial charge on any atom is -0.389 e. The van der Waals surface area contributed by atoms with Gasteiger partial charge in [0.25, 0.3) is 5.91 Å². The largest absolute Gasteiger partial charge is 0.389 e. The van der Waals surface area contributed by atoms with Crippen molar-refractivity contribution in [3.63, 3.8) is 0 Å². The lowest BCUT2D eigenvalue weighted by atomic mass is 9.71.